The van der Waals surface area contributed by atoms with Crippen LogP contribution in [0.5, 0.6) is 0 Å². The Kier molecular flexibility index (Phi) is 12.9. The van der Waals surface area contributed by atoms with Crippen molar-refractivity contribution in [3.8, 4) is 0 Å². The lowest BCUT2D eigenvalue weighted by atomic mass is 10.1. The molecule has 0 aromatic carbocycles. The maximum atomic E-state index is 13.7. The first-order chi connectivity index (χ1) is 24.5. The van der Waals surface area contributed by atoms with E-state index < -0.39 is 88.1 Å². The number of nitrogens with zero attached hydrogens (tertiary/aromatic N) is 5. The molecule has 1 saturated carbocycles. The lowest BCUT2D eigenvalue weighted by molar-refractivity contribution is -0.197. The van der Waals surface area contributed by atoms with Crippen molar-refractivity contribution >= 4 is 54.4 Å². The summed E-state index contributed by atoms with van der Waals surface area (Å²) in [5, 5.41) is 3.48. The molecule has 52 heavy (non-hydrogen) atoms. The Hall–Kier alpha value is -3.32. The van der Waals surface area contributed by atoms with Gasteiger partial charge in [0, 0.05) is 19.6 Å². The first-order valence-electron chi connectivity index (χ1n) is 17.0. The fourth-order valence-electron chi connectivity index (χ4n) is 6.02. The SMILES string of the molecule is CC(C)OC(=O)OCOP(=O)(CC(=O)N(C)C[C@H]1O[C@@H](n2cnc3c(NC4CCCC4)nc(Cl)nc32)[C@@H]2OC(C)(C)O[C@@H]21)OCOC(=O)OC(C)C. The molecular formula is C31H46ClN6O13P. The number of hydrogen-bond acceptors (Lipinski definition) is 17. The molecule has 0 bridgehead atoms. The summed E-state index contributed by atoms with van der Waals surface area (Å²) < 4.78 is 64.1. The van der Waals surface area contributed by atoms with E-state index in [9.17, 15) is 18.9 Å². The summed E-state index contributed by atoms with van der Waals surface area (Å²) in [6.07, 6.45) is -0.901. The molecule has 1 amide bonds. The number of carbonyl (C=O) groups excluding carboxylic acids is 3. The van der Waals surface area contributed by atoms with Gasteiger partial charge in [0.25, 0.3) is 0 Å². The Labute approximate surface area is 305 Å². The van der Waals surface area contributed by atoms with E-state index in [4.69, 9.17) is 53.8 Å². The summed E-state index contributed by atoms with van der Waals surface area (Å²) in [6.45, 7) is 8.16. The smallest absolute Gasteiger partial charge is 0.432 e. The molecule has 4 atom stereocenters. The number of nitrogens with one attached hydrogen (secondary N) is 1. The summed E-state index contributed by atoms with van der Waals surface area (Å²) in [5.41, 5.74) is 0.945. The average Bonchev–Trinajstić information content (AvgIpc) is 3.81. The summed E-state index contributed by atoms with van der Waals surface area (Å²) in [6, 6.07) is 0.255. The second kappa shape index (κ2) is 16.8. The summed E-state index contributed by atoms with van der Waals surface area (Å²) >= 11 is 6.37. The summed E-state index contributed by atoms with van der Waals surface area (Å²) in [5.74, 6) is -1.16. The van der Waals surface area contributed by atoms with Crippen molar-refractivity contribution < 1.29 is 61.2 Å². The van der Waals surface area contributed by atoms with Gasteiger partial charge in [0.1, 0.15) is 24.5 Å². The zero-order valence-electron chi connectivity index (χ0n) is 30.1. The van der Waals surface area contributed by atoms with Crippen LogP contribution in [-0.4, -0.2) is 118 Å². The third-order valence-corrected chi connectivity index (χ3v) is 10.0. The number of amides is 1. The predicted octanol–water partition coefficient (Wildman–Crippen LogP) is 4.97. The van der Waals surface area contributed by atoms with Crippen LogP contribution in [0.3, 0.4) is 0 Å². The number of rotatable bonds is 15. The number of aromatic nitrogens is 4. The molecule has 290 valence electrons. The van der Waals surface area contributed by atoms with Gasteiger partial charge >= 0.3 is 19.9 Å². The second-order valence-corrected chi connectivity index (χ2v) is 16.0. The molecule has 2 saturated heterocycles. The molecule has 19 nitrogen and oxygen atoms in total. The van der Waals surface area contributed by atoms with Crippen molar-refractivity contribution in [1.29, 1.82) is 0 Å². The minimum Gasteiger partial charge on any atom is -0.432 e. The number of likely N-dealkylation sites (N-methyl/N-ethyl adjacent to an activating group) is 1. The van der Waals surface area contributed by atoms with Crippen LogP contribution in [0.15, 0.2) is 6.33 Å². The van der Waals surface area contributed by atoms with Gasteiger partial charge in [0.2, 0.25) is 24.8 Å². The van der Waals surface area contributed by atoms with Gasteiger partial charge in [0.15, 0.2) is 29.0 Å². The van der Waals surface area contributed by atoms with Crippen LogP contribution < -0.4 is 5.32 Å². The van der Waals surface area contributed by atoms with Gasteiger partial charge in [-0.15, -0.1) is 0 Å². The lowest BCUT2D eigenvalue weighted by Gasteiger charge is -2.28. The fraction of sp³-hybridized carbons (Fsp3) is 0.742. The van der Waals surface area contributed by atoms with Crippen LogP contribution in [0, 0.1) is 0 Å². The molecule has 0 radical (unpaired) electrons. The highest BCUT2D eigenvalue weighted by molar-refractivity contribution is 7.54. The number of anilines is 1. The van der Waals surface area contributed by atoms with E-state index in [1.807, 2.05) is 0 Å². The molecule has 2 aliphatic heterocycles. The van der Waals surface area contributed by atoms with E-state index in [1.165, 1.54) is 11.9 Å². The lowest BCUT2D eigenvalue weighted by Crippen LogP contribution is -2.42. The van der Waals surface area contributed by atoms with Gasteiger partial charge in [-0.2, -0.15) is 9.97 Å². The normalized spacial score (nSPS) is 22.9. The molecule has 4 heterocycles. The Balaban J connectivity index is 1.28. The molecular weight excluding hydrogens is 731 g/mol. The van der Waals surface area contributed by atoms with E-state index in [1.54, 1.807) is 52.4 Å². The minimum absolute atomic E-state index is 0.0355. The van der Waals surface area contributed by atoms with Gasteiger partial charge in [-0.05, 0) is 66.0 Å². The standard InChI is InChI=1S/C31H46ClN6O13P/c1-17(2)47-29(40)43-15-45-52(42,46-16-44-30(41)48-18(3)4)13-21(39)37(7)12-20-23-24(51-31(5,6)50-23)27(49-20)38-14-33-22-25(34-19-10-8-9-11-19)35-28(32)36-26(22)38/h14,17-20,23-24,27H,8-13,15-16H2,1-7H3,(H,34,35,36)/t20-,23-,24-,27-/m1/s1. The zero-order chi connectivity index (χ0) is 37.8. The topological polar surface area (TPSA) is 210 Å². The summed E-state index contributed by atoms with van der Waals surface area (Å²) in [7, 11) is -2.93. The van der Waals surface area contributed by atoms with E-state index in [0.29, 0.717) is 17.0 Å². The van der Waals surface area contributed by atoms with Crippen LogP contribution in [0.1, 0.15) is 73.5 Å². The van der Waals surface area contributed by atoms with Crippen LogP contribution in [0.2, 0.25) is 5.28 Å². The number of hydrogen-bond donors (Lipinski definition) is 1. The second-order valence-electron chi connectivity index (χ2n) is 13.6. The fourth-order valence-corrected chi connectivity index (χ4v) is 7.44. The van der Waals surface area contributed by atoms with Crippen LogP contribution in [0.25, 0.3) is 11.2 Å². The van der Waals surface area contributed by atoms with Crippen molar-refractivity contribution in [1.82, 2.24) is 24.4 Å². The van der Waals surface area contributed by atoms with Crippen molar-refractivity contribution in [3.63, 3.8) is 0 Å². The number of fused-ring (bicyclic) bond motifs is 2. The largest absolute Gasteiger partial charge is 0.510 e. The van der Waals surface area contributed by atoms with Crippen LogP contribution >= 0.6 is 19.2 Å². The van der Waals surface area contributed by atoms with Gasteiger partial charge in [0.05, 0.1) is 18.5 Å². The number of ether oxygens (including phenoxy) is 7. The van der Waals surface area contributed by atoms with Crippen molar-refractivity contribution in [3.05, 3.63) is 11.6 Å². The first kappa shape index (κ1) is 39.9. The molecule has 2 aromatic heterocycles. The van der Waals surface area contributed by atoms with Gasteiger partial charge in [-0.25, -0.2) is 14.6 Å². The zero-order valence-corrected chi connectivity index (χ0v) is 31.8. The molecule has 1 N–H and O–H groups in total. The number of halogens is 1. The monoisotopic (exact) mass is 776 g/mol. The van der Waals surface area contributed by atoms with Crippen molar-refractivity contribution in [2.45, 2.75) is 116 Å². The van der Waals surface area contributed by atoms with E-state index in [-0.39, 0.29) is 17.9 Å². The highest BCUT2D eigenvalue weighted by Gasteiger charge is 2.56. The van der Waals surface area contributed by atoms with Crippen molar-refractivity contribution in [2.75, 3.05) is 38.7 Å². The highest BCUT2D eigenvalue weighted by Crippen LogP contribution is 2.49. The van der Waals surface area contributed by atoms with E-state index in [2.05, 4.69) is 20.3 Å². The molecule has 3 aliphatic rings. The third kappa shape index (κ3) is 10.2. The van der Waals surface area contributed by atoms with Crippen LogP contribution in [0.4, 0.5) is 15.4 Å². The Bertz CT molecular complexity index is 1610. The third-order valence-electron chi connectivity index (χ3n) is 8.21. The molecule has 21 heteroatoms. The molecule has 5 rings (SSSR count). The van der Waals surface area contributed by atoms with Gasteiger partial charge in [-0.3, -0.25) is 23.0 Å². The molecule has 3 fully saturated rings. The molecule has 2 aromatic rings. The van der Waals surface area contributed by atoms with Crippen molar-refractivity contribution in [2.24, 2.45) is 0 Å². The van der Waals surface area contributed by atoms with Crippen LogP contribution in [-0.2, 0) is 51.6 Å². The maximum absolute atomic E-state index is 13.7. The number of carbonyl (C=O) groups is 3. The predicted molar refractivity (Wildman–Crippen MR) is 181 cm³/mol. The maximum Gasteiger partial charge on any atom is 0.510 e. The molecule has 1 aliphatic carbocycles. The Morgan fingerprint density at radius 3 is 2.21 bits per heavy atom. The first-order valence-corrected chi connectivity index (χ1v) is 19.1. The highest BCUT2D eigenvalue weighted by atomic mass is 35.5. The summed E-state index contributed by atoms with van der Waals surface area (Å²) in [4.78, 5) is 51.8. The Morgan fingerprint density at radius 1 is 1.02 bits per heavy atom. The van der Waals surface area contributed by atoms with Gasteiger partial charge < -0.3 is 43.4 Å². The van der Waals surface area contributed by atoms with E-state index >= 15 is 0 Å². The average molecular weight is 777 g/mol. The number of imidazole rings is 1. The minimum atomic E-state index is -4.40. The Morgan fingerprint density at radius 2 is 1.62 bits per heavy atom. The van der Waals surface area contributed by atoms with Gasteiger partial charge in [-0.1, -0.05) is 12.8 Å². The quantitative estimate of drug-likeness (QED) is 0.109. The van der Waals surface area contributed by atoms with E-state index in [0.717, 1.165) is 25.7 Å². The molecule has 0 unspecified atom stereocenters. The molecule has 0 spiro atoms.